The Morgan fingerprint density at radius 3 is 2.85 bits per heavy atom. The molecule has 3 rings (SSSR count). The highest BCUT2D eigenvalue weighted by Crippen LogP contribution is 2.37. The molecule has 0 saturated heterocycles. The molecule has 6 heteroatoms. The predicted molar refractivity (Wildman–Crippen MR) is 77.5 cm³/mol. The van der Waals surface area contributed by atoms with Gasteiger partial charge in [-0.3, -0.25) is 4.68 Å². The Bertz CT molecular complexity index is 804. The molecule has 2 heterocycles. The fourth-order valence-corrected chi connectivity index (χ4v) is 3.27. The number of nitrogens with zero attached hydrogens (tertiary/aromatic N) is 2. The van der Waals surface area contributed by atoms with Crippen LogP contribution < -0.4 is 4.74 Å². The molecule has 1 aromatic carbocycles. The van der Waals surface area contributed by atoms with Crippen LogP contribution in [0.4, 0.5) is 0 Å². The maximum absolute atomic E-state index is 11.0. The average Bonchev–Trinajstić information content (AvgIpc) is 3.01. The minimum atomic E-state index is -1.02. The van der Waals surface area contributed by atoms with Crippen LogP contribution >= 0.6 is 11.3 Å². The molecule has 0 spiro atoms. The van der Waals surface area contributed by atoms with Gasteiger partial charge in [0.2, 0.25) is 0 Å². The Morgan fingerprint density at radius 1 is 1.40 bits per heavy atom. The molecule has 0 saturated carbocycles. The summed E-state index contributed by atoms with van der Waals surface area (Å²) in [4.78, 5) is 11.9. The van der Waals surface area contributed by atoms with Gasteiger partial charge in [-0.2, -0.15) is 5.10 Å². The van der Waals surface area contributed by atoms with Gasteiger partial charge < -0.3 is 9.84 Å². The number of rotatable bonds is 3. The molecule has 5 nitrogen and oxygen atoms in total. The molecule has 0 unspecified atom stereocenters. The summed E-state index contributed by atoms with van der Waals surface area (Å²) >= 11 is 1.59. The molecule has 2 aromatic heterocycles. The first-order valence-corrected chi connectivity index (χ1v) is 6.76. The predicted octanol–water partition coefficient (Wildman–Crippen LogP) is 3.01. The van der Waals surface area contributed by atoms with Crippen molar-refractivity contribution < 1.29 is 14.6 Å². The van der Waals surface area contributed by atoms with Gasteiger partial charge in [-0.1, -0.05) is 6.07 Å². The molecule has 0 radical (unpaired) electrons. The van der Waals surface area contributed by atoms with Crippen LogP contribution in [0.3, 0.4) is 0 Å². The lowest BCUT2D eigenvalue weighted by Crippen LogP contribution is -1.99. The summed E-state index contributed by atoms with van der Waals surface area (Å²) in [7, 11) is 3.38. The Hall–Kier alpha value is -2.34. The van der Waals surface area contributed by atoms with Gasteiger partial charge in [0, 0.05) is 17.1 Å². The third-order valence-electron chi connectivity index (χ3n) is 3.09. The Labute approximate surface area is 119 Å². The van der Waals surface area contributed by atoms with Gasteiger partial charge in [0.25, 0.3) is 0 Å². The number of benzene rings is 1. The molecule has 0 bridgehead atoms. The van der Waals surface area contributed by atoms with Gasteiger partial charge in [0.05, 0.1) is 17.7 Å². The van der Waals surface area contributed by atoms with Crippen LogP contribution in [-0.2, 0) is 7.05 Å². The van der Waals surface area contributed by atoms with Crippen LogP contribution in [0.1, 0.15) is 10.5 Å². The van der Waals surface area contributed by atoms with E-state index in [0.29, 0.717) is 0 Å². The summed E-state index contributed by atoms with van der Waals surface area (Å²) in [6.45, 7) is 0. The number of hydrogen-bond donors (Lipinski definition) is 1. The number of carbonyl (C=O) groups is 1. The van der Waals surface area contributed by atoms with Crippen molar-refractivity contribution in [2.75, 3.05) is 7.11 Å². The van der Waals surface area contributed by atoms with Crippen molar-refractivity contribution in [3.05, 3.63) is 36.0 Å². The van der Waals surface area contributed by atoms with E-state index in [1.807, 2.05) is 24.3 Å². The molecule has 0 aliphatic rings. The number of fused-ring (bicyclic) bond motifs is 1. The fourth-order valence-electron chi connectivity index (χ4n) is 2.14. The van der Waals surface area contributed by atoms with Crippen molar-refractivity contribution in [1.29, 1.82) is 0 Å². The molecule has 20 heavy (non-hydrogen) atoms. The first-order chi connectivity index (χ1) is 9.60. The quantitative estimate of drug-likeness (QED) is 0.804. The van der Waals surface area contributed by atoms with Crippen LogP contribution in [0, 0.1) is 0 Å². The monoisotopic (exact) mass is 288 g/mol. The minimum absolute atomic E-state index is 0.0481. The lowest BCUT2D eigenvalue weighted by atomic mass is 10.2. The second kappa shape index (κ2) is 4.64. The summed E-state index contributed by atoms with van der Waals surface area (Å²) in [5.74, 6) is -0.212. The lowest BCUT2D eigenvalue weighted by Gasteiger charge is -1.99. The number of carboxylic acid groups (broad SMARTS) is 1. The largest absolute Gasteiger partial charge is 0.496 e. The number of carboxylic acids is 1. The molecular weight excluding hydrogens is 276 g/mol. The normalized spacial score (nSPS) is 10.9. The van der Waals surface area contributed by atoms with Crippen molar-refractivity contribution in [1.82, 2.24) is 9.78 Å². The summed E-state index contributed by atoms with van der Waals surface area (Å²) in [6, 6.07) is 9.44. The zero-order valence-corrected chi connectivity index (χ0v) is 11.8. The van der Waals surface area contributed by atoms with Crippen LogP contribution in [0.15, 0.2) is 30.3 Å². The van der Waals surface area contributed by atoms with Crippen LogP contribution in [0.2, 0.25) is 0 Å². The molecule has 0 atom stereocenters. The molecule has 3 aromatic rings. The Kier molecular flexibility index (Phi) is 2.94. The summed E-state index contributed by atoms with van der Waals surface area (Å²) in [5, 5.41) is 14.0. The number of hydrogen-bond acceptors (Lipinski definition) is 4. The van der Waals surface area contributed by atoms with Crippen molar-refractivity contribution in [2.24, 2.45) is 7.05 Å². The fraction of sp³-hybridized carbons (Fsp3) is 0.143. The first-order valence-electron chi connectivity index (χ1n) is 5.94. The minimum Gasteiger partial charge on any atom is -0.496 e. The molecule has 102 valence electrons. The maximum Gasteiger partial charge on any atom is 0.356 e. The van der Waals surface area contributed by atoms with Crippen molar-refractivity contribution >= 4 is 27.4 Å². The number of ether oxygens (including phenoxy) is 1. The lowest BCUT2D eigenvalue weighted by molar-refractivity contribution is 0.0689. The maximum atomic E-state index is 11.0. The van der Waals surface area contributed by atoms with E-state index in [-0.39, 0.29) is 5.69 Å². The molecule has 0 aliphatic carbocycles. The zero-order valence-electron chi connectivity index (χ0n) is 11.0. The van der Waals surface area contributed by atoms with Crippen molar-refractivity contribution in [2.45, 2.75) is 0 Å². The SMILES string of the molecule is COc1cccc2sc(-c3cc(C(=O)O)nn3C)cc12. The third kappa shape index (κ3) is 1.94. The number of thiophene rings is 1. The van der Waals surface area contributed by atoms with E-state index in [4.69, 9.17) is 9.84 Å². The van der Waals surface area contributed by atoms with Gasteiger partial charge in [0.1, 0.15) is 5.75 Å². The molecule has 0 fully saturated rings. The van der Waals surface area contributed by atoms with Gasteiger partial charge in [0.15, 0.2) is 5.69 Å². The third-order valence-corrected chi connectivity index (χ3v) is 4.22. The van der Waals surface area contributed by atoms with E-state index >= 15 is 0 Å². The van der Waals surface area contributed by atoms with Gasteiger partial charge in [-0.15, -0.1) is 11.3 Å². The molecule has 0 amide bonds. The Balaban J connectivity index is 2.17. The van der Waals surface area contributed by atoms with E-state index in [1.54, 1.807) is 36.2 Å². The Morgan fingerprint density at radius 2 is 2.20 bits per heavy atom. The molecular formula is C14H12N2O3S. The van der Waals surface area contributed by atoms with Crippen molar-refractivity contribution in [3.63, 3.8) is 0 Å². The smallest absolute Gasteiger partial charge is 0.356 e. The first kappa shape index (κ1) is 12.7. The number of aromatic carboxylic acids is 1. The van der Waals surface area contributed by atoms with Crippen molar-refractivity contribution in [3.8, 4) is 16.3 Å². The second-order valence-electron chi connectivity index (χ2n) is 4.33. The topological polar surface area (TPSA) is 64.3 Å². The van der Waals surface area contributed by atoms with E-state index in [2.05, 4.69) is 5.10 Å². The van der Waals surface area contributed by atoms with Gasteiger partial charge >= 0.3 is 5.97 Å². The van der Waals surface area contributed by atoms with Gasteiger partial charge in [-0.25, -0.2) is 4.79 Å². The summed E-state index contributed by atoms with van der Waals surface area (Å²) < 4.78 is 8.02. The van der Waals surface area contributed by atoms with Gasteiger partial charge in [-0.05, 0) is 24.3 Å². The standard InChI is InChI=1S/C14H12N2O3S/c1-16-10(7-9(15-16)14(17)18)13-6-8-11(19-2)4-3-5-12(8)20-13/h3-7H,1-2H3,(H,17,18). The second-order valence-corrected chi connectivity index (χ2v) is 5.41. The highest BCUT2D eigenvalue weighted by atomic mass is 32.1. The highest BCUT2D eigenvalue weighted by molar-refractivity contribution is 7.22. The van der Waals surface area contributed by atoms with Crippen LogP contribution in [-0.4, -0.2) is 28.0 Å². The van der Waals surface area contributed by atoms with E-state index < -0.39 is 5.97 Å². The van der Waals surface area contributed by atoms with Crippen LogP contribution in [0.5, 0.6) is 5.75 Å². The molecule has 0 aliphatic heterocycles. The van der Waals surface area contributed by atoms with Crippen LogP contribution in [0.25, 0.3) is 20.7 Å². The molecule has 1 N–H and O–H groups in total. The highest BCUT2D eigenvalue weighted by Gasteiger charge is 2.15. The van der Waals surface area contributed by atoms with E-state index in [9.17, 15) is 4.79 Å². The zero-order chi connectivity index (χ0) is 14.3. The average molecular weight is 288 g/mol. The summed E-state index contributed by atoms with van der Waals surface area (Å²) in [5.41, 5.74) is 0.831. The van der Waals surface area contributed by atoms with E-state index in [1.165, 1.54) is 0 Å². The summed E-state index contributed by atoms with van der Waals surface area (Å²) in [6.07, 6.45) is 0. The number of aryl methyl sites for hydroxylation is 1. The number of aromatic nitrogens is 2. The van der Waals surface area contributed by atoms with E-state index in [0.717, 1.165) is 26.4 Å². The number of methoxy groups -OCH3 is 1.